The van der Waals surface area contributed by atoms with Crippen LogP contribution in [-0.2, 0) is 22.4 Å². The Kier molecular flexibility index (Phi) is 11.7. The highest BCUT2D eigenvalue weighted by atomic mass is 35.5. The molecule has 0 saturated carbocycles. The molecule has 3 aromatic rings. The molecule has 0 unspecified atom stereocenters. The molecule has 1 aromatic heterocycles. The molecule has 1 fully saturated rings. The summed E-state index contributed by atoms with van der Waals surface area (Å²) in [4.78, 5) is 40.7. The number of rotatable bonds is 11. The maximum absolute atomic E-state index is 13.3. The van der Waals surface area contributed by atoms with Crippen molar-refractivity contribution in [1.29, 1.82) is 0 Å². The minimum absolute atomic E-state index is 0.112. The third-order valence-corrected chi connectivity index (χ3v) is 8.50. The number of methoxy groups -OCH3 is 2. The Morgan fingerprint density at radius 1 is 1.02 bits per heavy atom. The standard InChI is InChI=1S/C31H35Cl3N6O4/c1-5-39-10-12-40(13-11-39)22-7-6-20(24(16-22)37-28(41)8-9-32)14-21-15-27(36-19-35-21)38(2)29(42)17-23-30(33)25(43-3)18-26(44-4)31(23)34/h6-9,15-16,18-19H,5,10-14,17H2,1-4H3,(H,37,41)/b9-8-. The number of carbonyl (C=O) groups excluding carboxylic acids is 2. The predicted octanol–water partition coefficient (Wildman–Crippen LogP) is 5.43. The average molecular weight is 662 g/mol. The first-order valence-corrected chi connectivity index (χ1v) is 15.2. The van der Waals surface area contributed by atoms with Crippen LogP contribution in [0.2, 0.25) is 10.0 Å². The van der Waals surface area contributed by atoms with E-state index in [4.69, 9.17) is 44.3 Å². The second kappa shape index (κ2) is 15.4. The first-order valence-electron chi connectivity index (χ1n) is 14.0. The highest BCUT2D eigenvalue weighted by molar-refractivity contribution is 6.38. The fourth-order valence-corrected chi connectivity index (χ4v) is 5.68. The van der Waals surface area contributed by atoms with Crippen molar-refractivity contribution < 1.29 is 19.1 Å². The number of piperazine rings is 1. The Labute approximate surface area is 272 Å². The summed E-state index contributed by atoms with van der Waals surface area (Å²) in [6.45, 7) is 6.95. The fraction of sp³-hybridized carbons (Fsp3) is 0.355. The van der Waals surface area contributed by atoms with Crippen LogP contribution < -0.4 is 24.6 Å². The van der Waals surface area contributed by atoms with E-state index in [-0.39, 0.29) is 28.3 Å². The number of halogens is 3. The van der Waals surface area contributed by atoms with Gasteiger partial charge in [-0.25, -0.2) is 9.97 Å². The van der Waals surface area contributed by atoms with Gasteiger partial charge in [0.2, 0.25) is 11.8 Å². The molecule has 0 spiro atoms. The summed E-state index contributed by atoms with van der Waals surface area (Å²) in [5.41, 5.74) is 4.74. The predicted molar refractivity (Wildman–Crippen MR) is 176 cm³/mol. The number of hydrogen-bond acceptors (Lipinski definition) is 8. The lowest BCUT2D eigenvalue weighted by Gasteiger charge is -2.35. The van der Waals surface area contributed by atoms with Gasteiger partial charge in [-0.15, -0.1) is 0 Å². The molecule has 0 bridgehead atoms. The molecule has 0 atom stereocenters. The number of aromatic nitrogens is 2. The zero-order valence-corrected chi connectivity index (χ0v) is 27.3. The molecule has 0 aliphatic carbocycles. The average Bonchev–Trinajstić information content (AvgIpc) is 3.04. The maximum Gasteiger partial charge on any atom is 0.249 e. The first-order chi connectivity index (χ1) is 21.2. The summed E-state index contributed by atoms with van der Waals surface area (Å²) in [7, 11) is 4.56. The Balaban J connectivity index is 1.56. The van der Waals surface area contributed by atoms with Gasteiger partial charge in [0.15, 0.2) is 0 Å². The summed E-state index contributed by atoms with van der Waals surface area (Å²) in [6, 6.07) is 9.32. The topological polar surface area (TPSA) is 100 Å². The van der Waals surface area contributed by atoms with E-state index in [0.29, 0.717) is 40.7 Å². The molecule has 4 rings (SSSR count). The van der Waals surface area contributed by atoms with E-state index in [2.05, 4.69) is 38.1 Å². The van der Waals surface area contributed by atoms with Crippen molar-refractivity contribution in [2.75, 3.05) is 69.1 Å². The highest BCUT2D eigenvalue weighted by Gasteiger charge is 2.23. The van der Waals surface area contributed by atoms with Gasteiger partial charge < -0.3 is 24.6 Å². The monoisotopic (exact) mass is 660 g/mol. The molecular formula is C31H35Cl3N6O4. The second-order valence-electron chi connectivity index (χ2n) is 10.1. The van der Waals surface area contributed by atoms with Crippen LogP contribution in [-0.4, -0.2) is 80.7 Å². The van der Waals surface area contributed by atoms with Crippen molar-refractivity contribution in [1.82, 2.24) is 14.9 Å². The molecule has 13 heteroatoms. The van der Waals surface area contributed by atoms with Gasteiger partial charge in [-0.1, -0.05) is 47.8 Å². The molecule has 10 nitrogen and oxygen atoms in total. The van der Waals surface area contributed by atoms with Crippen LogP contribution in [0.25, 0.3) is 0 Å². The number of carbonyl (C=O) groups is 2. The third kappa shape index (κ3) is 7.92. The lowest BCUT2D eigenvalue weighted by Crippen LogP contribution is -2.46. The van der Waals surface area contributed by atoms with E-state index in [1.165, 1.54) is 37.1 Å². The zero-order chi connectivity index (χ0) is 31.8. The van der Waals surface area contributed by atoms with Gasteiger partial charge in [-0.3, -0.25) is 14.5 Å². The van der Waals surface area contributed by atoms with Gasteiger partial charge in [0.25, 0.3) is 0 Å². The number of hydrogen-bond donors (Lipinski definition) is 1. The van der Waals surface area contributed by atoms with Crippen molar-refractivity contribution >= 4 is 63.8 Å². The van der Waals surface area contributed by atoms with E-state index in [1.807, 2.05) is 12.1 Å². The number of likely N-dealkylation sites (N-methyl/N-ethyl adjacent to an activating group) is 2. The molecule has 2 heterocycles. The Bertz CT molecular complexity index is 1500. The minimum Gasteiger partial charge on any atom is -0.495 e. The van der Waals surface area contributed by atoms with Crippen molar-refractivity contribution in [2.45, 2.75) is 19.8 Å². The van der Waals surface area contributed by atoms with Crippen LogP contribution in [0, 0.1) is 0 Å². The van der Waals surface area contributed by atoms with E-state index in [9.17, 15) is 9.59 Å². The quantitative estimate of drug-likeness (QED) is 0.272. The summed E-state index contributed by atoms with van der Waals surface area (Å²) in [6.07, 6.45) is 2.93. The van der Waals surface area contributed by atoms with Gasteiger partial charge in [0, 0.05) is 80.3 Å². The van der Waals surface area contributed by atoms with Crippen LogP contribution in [0.1, 0.15) is 23.7 Å². The smallest absolute Gasteiger partial charge is 0.249 e. The van der Waals surface area contributed by atoms with Gasteiger partial charge in [-0.05, 0) is 24.2 Å². The number of benzene rings is 2. The van der Waals surface area contributed by atoms with Crippen molar-refractivity contribution in [3.8, 4) is 11.5 Å². The molecule has 1 saturated heterocycles. The summed E-state index contributed by atoms with van der Waals surface area (Å²) in [5.74, 6) is 0.447. The maximum atomic E-state index is 13.3. The van der Waals surface area contributed by atoms with Gasteiger partial charge in [0.05, 0.1) is 36.4 Å². The Hall–Kier alpha value is -3.57. The number of ether oxygens (including phenoxy) is 2. The van der Waals surface area contributed by atoms with Gasteiger partial charge >= 0.3 is 0 Å². The minimum atomic E-state index is -0.339. The number of amides is 2. The molecule has 2 aromatic carbocycles. The van der Waals surface area contributed by atoms with E-state index >= 15 is 0 Å². The normalized spacial score (nSPS) is 13.7. The largest absolute Gasteiger partial charge is 0.495 e. The van der Waals surface area contributed by atoms with Crippen LogP contribution in [0.4, 0.5) is 17.2 Å². The summed E-state index contributed by atoms with van der Waals surface area (Å²) in [5, 5.41) is 3.41. The molecule has 1 aliphatic heterocycles. The van der Waals surface area contributed by atoms with Gasteiger partial charge in [-0.2, -0.15) is 0 Å². The zero-order valence-electron chi connectivity index (χ0n) is 25.1. The van der Waals surface area contributed by atoms with Crippen molar-refractivity contribution in [2.24, 2.45) is 0 Å². The van der Waals surface area contributed by atoms with E-state index in [1.54, 1.807) is 19.2 Å². The van der Waals surface area contributed by atoms with Crippen LogP contribution in [0.3, 0.4) is 0 Å². The number of anilines is 3. The molecule has 0 radical (unpaired) electrons. The van der Waals surface area contributed by atoms with Gasteiger partial charge in [0.1, 0.15) is 23.6 Å². The second-order valence-corrected chi connectivity index (χ2v) is 11.1. The SMILES string of the molecule is CCN1CCN(c2ccc(Cc3cc(N(C)C(=O)Cc4c(Cl)c(OC)cc(OC)c4Cl)ncn3)c(NC(=O)/C=C\Cl)c2)CC1. The van der Waals surface area contributed by atoms with E-state index < -0.39 is 0 Å². The molecule has 1 N–H and O–H groups in total. The molecule has 1 aliphatic rings. The number of nitrogens with one attached hydrogen (secondary N) is 1. The summed E-state index contributed by atoms with van der Waals surface area (Å²) >= 11 is 18.6. The lowest BCUT2D eigenvalue weighted by molar-refractivity contribution is -0.117. The third-order valence-electron chi connectivity index (χ3n) is 7.54. The van der Waals surface area contributed by atoms with Crippen LogP contribution in [0.15, 0.2) is 48.3 Å². The first kappa shape index (κ1) is 33.3. The lowest BCUT2D eigenvalue weighted by atomic mass is 10.0. The summed E-state index contributed by atoms with van der Waals surface area (Å²) < 4.78 is 10.6. The van der Waals surface area contributed by atoms with Crippen LogP contribution >= 0.6 is 34.8 Å². The Morgan fingerprint density at radius 2 is 1.70 bits per heavy atom. The van der Waals surface area contributed by atoms with Crippen LogP contribution in [0.5, 0.6) is 11.5 Å². The fourth-order valence-electron chi connectivity index (χ4n) is 4.94. The molecule has 44 heavy (non-hydrogen) atoms. The van der Waals surface area contributed by atoms with Crippen molar-refractivity contribution in [3.63, 3.8) is 0 Å². The molecule has 234 valence electrons. The van der Waals surface area contributed by atoms with E-state index in [0.717, 1.165) is 44.0 Å². The Morgan fingerprint density at radius 3 is 2.32 bits per heavy atom. The number of nitrogens with zero attached hydrogens (tertiary/aromatic N) is 5. The van der Waals surface area contributed by atoms with Crippen molar-refractivity contribution in [3.05, 3.63) is 75.1 Å². The highest BCUT2D eigenvalue weighted by Crippen LogP contribution is 2.41. The molecule has 2 amide bonds. The molecular weight excluding hydrogens is 627 g/mol.